The molecule has 15 N–H and O–H groups in total. The highest BCUT2D eigenvalue weighted by molar-refractivity contribution is 5.74. The van der Waals surface area contributed by atoms with E-state index in [0.717, 1.165) is 0 Å². The van der Waals surface area contributed by atoms with Crippen LogP contribution >= 0.6 is 0 Å². The fourth-order valence-corrected chi connectivity index (χ4v) is 3.16. The third-order valence-corrected chi connectivity index (χ3v) is 5.29. The van der Waals surface area contributed by atoms with Gasteiger partial charge in [-0.05, 0) is 12.8 Å². The molecule has 0 amide bonds. The molecule has 35 heavy (non-hydrogen) atoms. The summed E-state index contributed by atoms with van der Waals surface area (Å²) in [4.78, 5) is 10.2. The van der Waals surface area contributed by atoms with E-state index in [0.29, 0.717) is 19.4 Å². The first-order valence-corrected chi connectivity index (χ1v) is 10.7. The topological polar surface area (TPSA) is 315 Å². The highest BCUT2D eigenvalue weighted by atomic mass is 16.8. The Hall–Kier alpha value is -1.74. The van der Waals surface area contributed by atoms with E-state index in [1.807, 2.05) is 0 Å². The number of ether oxygens (including phenoxy) is 3. The largest absolute Gasteiger partial charge is 0.480 e. The monoisotopic (exact) mass is 516 g/mol. The van der Waals surface area contributed by atoms with Gasteiger partial charge in [0.05, 0.1) is 13.2 Å². The van der Waals surface area contributed by atoms with Crippen molar-refractivity contribution in [3.8, 4) is 0 Å². The summed E-state index contributed by atoms with van der Waals surface area (Å²) < 4.78 is 15.3. The van der Waals surface area contributed by atoms with E-state index < -0.39 is 86.6 Å². The normalized spacial score (nSPS) is 38.1. The minimum Gasteiger partial charge on any atom is -0.480 e. The van der Waals surface area contributed by atoms with Crippen molar-refractivity contribution >= 4 is 11.9 Å². The third-order valence-electron chi connectivity index (χ3n) is 5.29. The van der Waals surface area contributed by atoms with E-state index in [-0.39, 0.29) is 5.96 Å². The predicted octanol–water partition coefficient (Wildman–Crippen LogP) is -6.74. The van der Waals surface area contributed by atoms with Gasteiger partial charge >= 0.3 is 5.97 Å². The van der Waals surface area contributed by atoms with Crippen LogP contribution in [0.15, 0.2) is 0 Å². The number of nitrogens with two attached hydrogens (primary N) is 2. The van der Waals surface area contributed by atoms with E-state index in [1.54, 1.807) is 0 Å². The molecule has 0 spiro atoms. The minimum absolute atomic E-state index is 0.112. The van der Waals surface area contributed by atoms with Crippen molar-refractivity contribution in [2.45, 2.75) is 80.3 Å². The first kappa shape index (κ1) is 31.3. The van der Waals surface area contributed by atoms with Gasteiger partial charge in [0.2, 0.25) is 0 Å². The van der Waals surface area contributed by atoms with Crippen LogP contribution in [0, 0.1) is 5.41 Å². The molecule has 1 unspecified atom stereocenters. The molecule has 0 aromatic rings. The van der Waals surface area contributed by atoms with Crippen molar-refractivity contribution < 1.29 is 65.0 Å². The number of carbonyl (C=O) groups is 1. The second-order valence-electron chi connectivity index (χ2n) is 7.96. The Morgan fingerprint density at radius 1 is 0.886 bits per heavy atom. The number of carboxylic acids is 1. The van der Waals surface area contributed by atoms with Gasteiger partial charge in [0.1, 0.15) is 54.9 Å². The Balaban J connectivity index is 0.000000434. The summed E-state index contributed by atoms with van der Waals surface area (Å²) in [6, 6.07) is -0.821. The van der Waals surface area contributed by atoms with Gasteiger partial charge in [-0.1, -0.05) is 0 Å². The molecule has 2 aliphatic heterocycles. The number of hydrogen-bond donors (Lipinski definition) is 13. The average Bonchev–Trinajstić information content (AvgIpc) is 2.82. The molecular weight excluding hydrogens is 480 g/mol. The van der Waals surface area contributed by atoms with Crippen LogP contribution in [-0.2, 0) is 19.0 Å². The summed E-state index contributed by atoms with van der Waals surface area (Å²) in [5.41, 5.74) is 10.2. The highest BCUT2D eigenvalue weighted by Crippen LogP contribution is 2.27. The first-order chi connectivity index (χ1) is 16.3. The number of carboxylic acid groups (broad SMARTS) is 1. The predicted molar refractivity (Wildman–Crippen MR) is 113 cm³/mol. The van der Waals surface area contributed by atoms with Gasteiger partial charge in [0.15, 0.2) is 18.5 Å². The van der Waals surface area contributed by atoms with Gasteiger partial charge < -0.3 is 77.0 Å². The summed E-state index contributed by atoms with van der Waals surface area (Å²) in [5, 5.41) is 94.2. The second-order valence-corrected chi connectivity index (χ2v) is 7.96. The number of guanidine groups is 1. The Morgan fingerprint density at radius 2 is 1.31 bits per heavy atom. The average molecular weight is 517 g/mol. The smallest absolute Gasteiger partial charge is 0.320 e. The van der Waals surface area contributed by atoms with Crippen LogP contribution < -0.4 is 16.8 Å². The maximum atomic E-state index is 10.2. The zero-order valence-electron chi connectivity index (χ0n) is 18.7. The van der Waals surface area contributed by atoms with E-state index in [1.165, 1.54) is 0 Å². The van der Waals surface area contributed by atoms with Gasteiger partial charge in [-0.15, -0.1) is 0 Å². The molecule has 2 heterocycles. The molecule has 2 saturated heterocycles. The lowest BCUT2D eigenvalue weighted by atomic mass is 9.98. The van der Waals surface area contributed by atoms with Crippen LogP contribution in [0.1, 0.15) is 12.8 Å². The van der Waals surface area contributed by atoms with Gasteiger partial charge in [0, 0.05) is 6.54 Å². The zero-order valence-corrected chi connectivity index (χ0v) is 18.7. The molecule has 17 heteroatoms. The molecule has 0 bridgehead atoms. The minimum atomic E-state index is -1.72. The molecule has 2 rings (SSSR count). The van der Waals surface area contributed by atoms with E-state index in [2.05, 4.69) is 5.32 Å². The molecule has 0 saturated carbocycles. The number of aliphatic hydroxyl groups is 8. The molecule has 17 nitrogen and oxygen atoms in total. The SMILES string of the molecule is N=C(N)NCCCC(N)C(=O)O.OC[C@H]1O[C@H](O[C@H]2O[C@H](CO)[C@@H](O)[C@H](O)[C@H]2O)[C@H](O)[C@@H](O)[C@@H]1O. The van der Waals surface area contributed by atoms with Crippen molar-refractivity contribution in [1.82, 2.24) is 5.32 Å². The molecule has 2 aliphatic rings. The van der Waals surface area contributed by atoms with Crippen LogP contribution in [0.3, 0.4) is 0 Å². The highest BCUT2D eigenvalue weighted by Gasteiger charge is 2.49. The standard InChI is InChI=1S/C12H22O11.C6H14N4O2/c13-1-3-5(15)7(17)9(19)11(21-3)23-12-10(20)8(18)6(16)4(2-14)22-12;7-4(5(11)12)2-1-3-10-6(8)9/h3-20H,1-2H2;4H,1-3,7H2,(H,11,12)(H4,8,9,10)/t3-,4-,5-,6-,7+,8+,9-,10-,11-,12-;/m1./s1. The van der Waals surface area contributed by atoms with Crippen LogP contribution in [-0.4, -0.2) is 145 Å². The fraction of sp³-hybridized carbons (Fsp3) is 0.889. The molecule has 0 aromatic carbocycles. The Bertz CT molecular complexity index is 624. The maximum Gasteiger partial charge on any atom is 0.320 e. The first-order valence-electron chi connectivity index (χ1n) is 10.7. The zero-order chi connectivity index (χ0) is 26.9. The number of aliphatic hydroxyl groups excluding tert-OH is 8. The van der Waals surface area contributed by atoms with E-state index in [9.17, 15) is 35.4 Å². The van der Waals surface area contributed by atoms with Crippen LogP contribution in [0.25, 0.3) is 0 Å². The molecule has 0 radical (unpaired) electrons. The van der Waals surface area contributed by atoms with Crippen molar-refractivity contribution in [2.75, 3.05) is 19.8 Å². The van der Waals surface area contributed by atoms with Gasteiger partial charge in [-0.2, -0.15) is 0 Å². The third kappa shape index (κ3) is 9.01. The summed E-state index contributed by atoms with van der Waals surface area (Å²) in [7, 11) is 0. The van der Waals surface area contributed by atoms with E-state index in [4.69, 9.17) is 46.4 Å². The molecule has 0 aromatic heterocycles. The van der Waals surface area contributed by atoms with Gasteiger partial charge in [-0.3, -0.25) is 10.2 Å². The van der Waals surface area contributed by atoms with Crippen LogP contribution in [0.4, 0.5) is 0 Å². The Kier molecular flexibility index (Phi) is 13.2. The molecule has 2 fully saturated rings. The van der Waals surface area contributed by atoms with Crippen molar-refractivity contribution in [2.24, 2.45) is 11.5 Å². The number of rotatable bonds is 9. The summed E-state index contributed by atoms with van der Waals surface area (Å²) in [6.07, 6.45) is -14.6. The summed E-state index contributed by atoms with van der Waals surface area (Å²) >= 11 is 0. The van der Waals surface area contributed by atoms with Gasteiger partial charge in [-0.25, -0.2) is 0 Å². The molecular formula is C18H36N4O13. The maximum absolute atomic E-state index is 10.2. The van der Waals surface area contributed by atoms with E-state index >= 15 is 0 Å². The van der Waals surface area contributed by atoms with Crippen molar-refractivity contribution in [1.29, 1.82) is 5.41 Å². The number of hydrogen-bond acceptors (Lipinski definition) is 14. The molecule has 11 atom stereocenters. The summed E-state index contributed by atoms with van der Waals surface area (Å²) in [5.74, 6) is -1.11. The van der Waals surface area contributed by atoms with Crippen LogP contribution in [0.5, 0.6) is 0 Å². The van der Waals surface area contributed by atoms with Crippen LogP contribution in [0.2, 0.25) is 0 Å². The molecule has 206 valence electrons. The summed E-state index contributed by atoms with van der Waals surface area (Å²) in [6.45, 7) is -0.852. The van der Waals surface area contributed by atoms with Gasteiger partial charge in [0.25, 0.3) is 0 Å². The van der Waals surface area contributed by atoms with Crippen molar-refractivity contribution in [3.05, 3.63) is 0 Å². The quantitative estimate of drug-likeness (QED) is 0.0769. The Labute approximate surface area is 200 Å². The lowest BCUT2D eigenvalue weighted by molar-refractivity contribution is -0.376. The number of aliphatic carboxylic acids is 1. The molecule has 0 aliphatic carbocycles. The lowest BCUT2D eigenvalue weighted by Gasteiger charge is -2.44. The lowest BCUT2D eigenvalue weighted by Crippen LogP contribution is -2.63. The number of nitrogens with one attached hydrogen (secondary N) is 2. The second kappa shape index (κ2) is 14.7. The fourth-order valence-electron chi connectivity index (χ4n) is 3.16. The Morgan fingerprint density at radius 3 is 1.66 bits per heavy atom. The van der Waals surface area contributed by atoms with Crippen molar-refractivity contribution in [3.63, 3.8) is 0 Å².